The van der Waals surface area contributed by atoms with Gasteiger partial charge in [0.15, 0.2) is 0 Å². The number of likely N-dealkylation sites (N-methyl/N-ethyl adjacent to an activating group) is 1. The van der Waals surface area contributed by atoms with Crippen LogP contribution in [0, 0.1) is 0 Å². The molecule has 1 aliphatic rings. The zero-order valence-electron chi connectivity index (χ0n) is 10.6. The molecule has 1 aliphatic heterocycles. The Kier molecular flexibility index (Phi) is 4.43. The van der Waals surface area contributed by atoms with E-state index >= 15 is 0 Å². The molecule has 2 nitrogen and oxygen atoms in total. The van der Waals surface area contributed by atoms with Crippen LogP contribution in [0.1, 0.15) is 31.4 Å². The summed E-state index contributed by atoms with van der Waals surface area (Å²) in [5.74, 6) is 0. The fourth-order valence-corrected chi connectivity index (χ4v) is 2.76. The fraction of sp³-hybridized carbons (Fsp3) is 0.571. The monoisotopic (exact) mass is 252 g/mol. The summed E-state index contributed by atoms with van der Waals surface area (Å²) in [5, 5.41) is 4.40. The van der Waals surface area contributed by atoms with E-state index in [1.807, 2.05) is 12.1 Å². The Balaban J connectivity index is 1.98. The van der Waals surface area contributed by atoms with E-state index in [9.17, 15) is 0 Å². The van der Waals surface area contributed by atoms with Crippen LogP contribution in [-0.2, 0) is 0 Å². The van der Waals surface area contributed by atoms with Gasteiger partial charge in [0.2, 0.25) is 0 Å². The van der Waals surface area contributed by atoms with Crippen molar-refractivity contribution in [1.29, 1.82) is 0 Å². The molecule has 1 aromatic rings. The van der Waals surface area contributed by atoms with E-state index in [2.05, 4.69) is 36.3 Å². The van der Waals surface area contributed by atoms with Crippen molar-refractivity contribution in [3.05, 3.63) is 34.9 Å². The molecule has 3 heteroatoms. The van der Waals surface area contributed by atoms with Gasteiger partial charge >= 0.3 is 0 Å². The maximum atomic E-state index is 6.24. The van der Waals surface area contributed by atoms with Crippen molar-refractivity contribution in [2.24, 2.45) is 0 Å². The maximum Gasteiger partial charge on any atom is 0.0453 e. The molecule has 1 heterocycles. The zero-order valence-corrected chi connectivity index (χ0v) is 11.4. The number of benzene rings is 1. The molecule has 0 spiro atoms. The minimum atomic E-state index is 0.367. The summed E-state index contributed by atoms with van der Waals surface area (Å²) >= 11 is 6.24. The third kappa shape index (κ3) is 3.21. The van der Waals surface area contributed by atoms with Crippen LogP contribution < -0.4 is 5.32 Å². The van der Waals surface area contributed by atoms with Gasteiger partial charge in [-0.05, 0) is 45.0 Å². The fourth-order valence-electron chi connectivity index (χ4n) is 2.47. The molecule has 1 N–H and O–H groups in total. The van der Waals surface area contributed by atoms with E-state index in [1.165, 1.54) is 24.9 Å². The highest BCUT2D eigenvalue weighted by Gasteiger charge is 2.20. The summed E-state index contributed by atoms with van der Waals surface area (Å²) in [6.45, 7) is 4.47. The van der Waals surface area contributed by atoms with Crippen molar-refractivity contribution in [1.82, 2.24) is 10.2 Å². The SMILES string of the molecule is CC(c1ccccc1Cl)N(C)C[C@@H]1CCCN1. The summed E-state index contributed by atoms with van der Waals surface area (Å²) in [7, 11) is 2.17. The average molecular weight is 253 g/mol. The van der Waals surface area contributed by atoms with Gasteiger partial charge in [0, 0.05) is 23.7 Å². The molecule has 0 saturated carbocycles. The number of halogens is 1. The third-order valence-electron chi connectivity index (χ3n) is 3.69. The number of nitrogens with zero attached hydrogens (tertiary/aromatic N) is 1. The van der Waals surface area contributed by atoms with Crippen LogP contribution in [0.15, 0.2) is 24.3 Å². The molecule has 0 radical (unpaired) electrons. The van der Waals surface area contributed by atoms with Crippen LogP contribution in [0.4, 0.5) is 0 Å². The van der Waals surface area contributed by atoms with Crippen LogP contribution in [0.25, 0.3) is 0 Å². The summed E-state index contributed by atoms with van der Waals surface area (Å²) < 4.78 is 0. The molecule has 0 aliphatic carbocycles. The van der Waals surface area contributed by atoms with Gasteiger partial charge in [0.05, 0.1) is 0 Å². The van der Waals surface area contributed by atoms with Gasteiger partial charge in [0.1, 0.15) is 0 Å². The average Bonchev–Trinajstić information content (AvgIpc) is 2.81. The number of hydrogen-bond donors (Lipinski definition) is 1. The molecule has 0 amide bonds. The van der Waals surface area contributed by atoms with Gasteiger partial charge in [-0.3, -0.25) is 4.90 Å². The highest BCUT2D eigenvalue weighted by molar-refractivity contribution is 6.31. The van der Waals surface area contributed by atoms with Crippen LogP contribution in [0.5, 0.6) is 0 Å². The van der Waals surface area contributed by atoms with Crippen molar-refractivity contribution < 1.29 is 0 Å². The van der Waals surface area contributed by atoms with E-state index in [0.29, 0.717) is 12.1 Å². The third-order valence-corrected chi connectivity index (χ3v) is 4.03. The molecule has 2 atom stereocenters. The highest BCUT2D eigenvalue weighted by Crippen LogP contribution is 2.26. The molecule has 17 heavy (non-hydrogen) atoms. The lowest BCUT2D eigenvalue weighted by atomic mass is 10.1. The predicted octanol–water partition coefficient (Wildman–Crippen LogP) is 3.08. The molecular formula is C14H21ClN2. The molecular weight excluding hydrogens is 232 g/mol. The predicted molar refractivity (Wildman–Crippen MR) is 73.5 cm³/mol. The second-order valence-corrected chi connectivity index (χ2v) is 5.34. The first-order valence-corrected chi connectivity index (χ1v) is 6.74. The zero-order chi connectivity index (χ0) is 12.3. The Hall–Kier alpha value is -0.570. The molecule has 1 saturated heterocycles. The normalized spacial score (nSPS) is 22.0. The van der Waals surface area contributed by atoms with Crippen molar-refractivity contribution in [2.75, 3.05) is 20.1 Å². The largest absolute Gasteiger partial charge is 0.313 e. The molecule has 1 aromatic carbocycles. The van der Waals surface area contributed by atoms with Crippen LogP contribution in [0.2, 0.25) is 5.02 Å². The Morgan fingerprint density at radius 3 is 2.88 bits per heavy atom. The van der Waals surface area contributed by atoms with Crippen molar-refractivity contribution >= 4 is 11.6 Å². The van der Waals surface area contributed by atoms with Crippen LogP contribution in [0.3, 0.4) is 0 Å². The van der Waals surface area contributed by atoms with E-state index in [0.717, 1.165) is 11.6 Å². The van der Waals surface area contributed by atoms with Crippen molar-refractivity contribution in [2.45, 2.75) is 31.8 Å². The highest BCUT2D eigenvalue weighted by atomic mass is 35.5. The van der Waals surface area contributed by atoms with Gasteiger partial charge in [-0.25, -0.2) is 0 Å². The van der Waals surface area contributed by atoms with Crippen LogP contribution >= 0.6 is 11.6 Å². The Morgan fingerprint density at radius 2 is 2.24 bits per heavy atom. The van der Waals surface area contributed by atoms with Crippen LogP contribution in [-0.4, -0.2) is 31.1 Å². The van der Waals surface area contributed by atoms with Gasteiger partial charge < -0.3 is 5.32 Å². The van der Waals surface area contributed by atoms with E-state index in [1.54, 1.807) is 0 Å². The summed E-state index contributed by atoms with van der Waals surface area (Å²) in [4.78, 5) is 2.38. The standard InChI is InChI=1S/C14H21ClN2/c1-11(13-7-3-4-8-14(13)15)17(2)10-12-6-5-9-16-12/h3-4,7-8,11-12,16H,5-6,9-10H2,1-2H3/t11?,12-/m0/s1. The topological polar surface area (TPSA) is 15.3 Å². The minimum absolute atomic E-state index is 0.367. The second-order valence-electron chi connectivity index (χ2n) is 4.93. The van der Waals surface area contributed by atoms with Gasteiger partial charge in [-0.15, -0.1) is 0 Å². The lowest BCUT2D eigenvalue weighted by molar-refractivity contribution is 0.238. The van der Waals surface area contributed by atoms with E-state index < -0.39 is 0 Å². The van der Waals surface area contributed by atoms with Gasteiger partial charge in [0.25, 0.3) is 0 Å². The molecule has 1 unspecified atom stereocenters. The molecule has 94 valence electrons. The first-order valence-electron chi connectivity index (χ1n) is 6.36. The maximum absolute atomic E-state index is 6.24. The number of rotatable bonds is 4. The Morgan fingerprint density at radius 1 is 1.47 bits per heavy atom. The lowest BCUT2D eigenvalue weighted by Gasteiger charge is -2.28. The van der Waals surface area contributed by atoms with E-state index in [4.69, 9.17) is 11.6 Å². The lowest BCUT2D eigenvalue weighted by Crippen LogP contribution is -2.36. The summed E-state index contributed by atoms with van der Waals surface area (Å²) in [5.41, 5.74) is 1.22. The first-order chi connectivity index (χ1) is 8.18. The first kappa shape index (κ1) is 12.9. The summed E-state index contributed by atoms with van der Waals surface area (Å²) in [6.07, 6.45) is 2.60. The van der Waals surface area contributed by atoms with Crippen molar-refractivity contribution in [3.63, 3.8) is 0 Å². The van der Waals surface area contributed by atoms with Gasteiger partial charge in [-0.2, -0.15) is 0 Å². The minimum Gasteiger partial charge on any atom is -0.313 e. The second kappa shape index (κ2) is 5.85. The Bertz CT molecular complexity index is 361. The summed E-state index contributed by atoms with van der Waals surface area (Å²) in [6, 6.07) is 9.13. The smallest absolute Gasteiger partial charge is 0.0453 e. The quantitative estimate of drug-likeness (QED) is 0.886. The number of hydrogen-bond acceptors (Lipinski definition) is 2. The van der Waals surface area contributed by atoms with E-state index in [-0.39, 0.29) is 0 Å². The van der Waals surface area contributed by atoms with Crippen molar-refractivity contribution in [3.8, 4) is 0 Å². The molecule has 2 rings (SSSR count). The molecule has 1 fully saturated rings. The molecule has 0 bridgehead atoms. The van der Waals surface area contributed by atoms with Gasteiger partial charge in [-0.1, -0.05) is 29.8 Å². The molecule has 0 aromatic heterocycles. The number of nitrogens with one attached hydrogen (secondary N) is 1. The Labute approximate surface area is 109 Å².